The molecule has 32 heavy (non-hydrogen) atoms. The molecule has 0 spiro atoms. The molecule has 0 aliphatic heterocycles. The Morgan fingerprint density at radius 1 is 1.00 bits per heavy atom. The second-order valence-corrected chi connectivity index (χ2v) is 7.86. The Balaban J connectivity index is 1.33. The molecular weight excluding hydrogens is 426 g/mol. The first-order valence-electron chi connectivity index (χ1n) is 10.1. The average molecular weight is 450 g/mol. The molecule has 1 amide bonds. The summed E-state index contributed by atoms with van der Waals surface area (Å²) in [7, 11) is 3.21. The highest BCUT2D eigenvalue weighted by Gasteiger charge is 2.12. The SMILES string of the molecule is COc1ccc(CCNC(=O)CSc2nnc3ccc(-c4ccccc4)nn23)cc1OC. The molecule has 164 valence electrons. The summed E-state index contributed by atoms with van der Waals surface area (Å²) in [5.41, 5.74) is 3.52. The monoisotopic (exact) mass is 449 g/mol. The van der Waals surface area contributed by atoms with Crippen LogP contribution in [0.25, 0.3) is 16.9 Å². The summed E-state index contributed by atoms with van der Waals surface area (Å²) in [6.45, 7) is 0.520. The zero-order valence-corrected chi connectivity index (χ0v) is 18.6. The van der Waals surface area contributed by atoms with Gasteiger partial charge < -0.3 is 14.8 Å². The molecule has 0 radical (unpaired) electrons. The van der Waals surface area contributed by atoms with Crippen LogP contribution in [0.5, 0.6) is 11.5 Å². The molecule has 8 nitrogen and oxygen atoms in total. The van der Waals surface area contributed by atoms with E-state index in [1.165, 1.54) is 11.8 Å². The maximum absolute atomic E-state index is 12.3. The van der Waals surface area contributed by atoms with Crippen LogP contribution in [0.2, 0.25) is 0 Å². The zero-order valence-electron chi connectivity index (χ0n) is 17.8. The first-order chi connectivity index (χ1) is 15.7. The first-order valence-corrected chi connectivity index (χ1v) is 11.0. The van der Waals surface area contributed by atoms with Gasteiger partial charge in [0.05, 0.1) is 25.7 Å². The number of hydrogen-bond acceptors (Lipinski definition) is 7. The third-order valence-corrected chi connectivity index (χ3v) is 5.74. The molecule has 1 N–H and O–H groups in total. The van der Waals surface area contributed by atoms with Gasteiger partial charge in [0.25, 0.3) is 0 Å². The van der Waals surface area contributed by atoms with Crippen LogP contribution in [-0.2, 0) is 11.2 Å². The van der Waals surface area contributed by atoms with Crippen molar-refractivity contribution in [2.45, 2.75) is 11.6 Å². The minimum Gasteiger partial charge on any atom is -0.493 e. The second-order valence-electron chi connectivity index (χ2n) is 6.92. The predicted molar refractivity (Wildman–Crippen MR) is 123 cm³/mol. The summed E-state index contributed by atoms with van der Waals surface area (Å²) in [6.07, 6.45) is 0.687. The van der Waals surface area contributed by atoms with Gasteiger partial charge in [-0.15, -0.1) is 10.2 Å². The maximum Gasteiger partial charge on any atom is 0.230 e. The first kappa shape index (κ1) is 21.6. The van der Waals surface area contributed by atoms with Gasteiger partial charge >= 0.3 is 0 Å². The van der Waals surface area contributed by atoms with Crippen LogP contribution in [0.1, 0.15) is 5.56 Å². The number of thioether (sulfide) groups is 1. The van der Waals surface area contributed by atoms with Gasteiger partial charge in [0.1, 0.15) is 0 Å². The van der Waals surface area contributed by atoms with E-state index in [-0.39, 0.29) is 11.7 Å². The number of benzene rings is 2. The number of methoxy groups -OCH3 is 2. The Hall–Kier alpha value is -3.59. The molecule has 0 unspecified atom stereocenters. The van der Waals surface area contributed by atoms with Crippen LogP contribution in [0.15, 0.2) is 65.8 Å². The van der Waals surface area contributed by atoms with Gasteiger partial charge in [0, 0.05) is 12.1 Å². The van der Waals surface area contributed by atoms with Crippen molar-refractivity contribution in [2.24, 2.45) is 0 Å². The smallest absolute Gasteiger partial charge is 0.230 e. The van der Waals surface area contributed by atoms with Gasteiger partial charge in [-0.25, -0.2) is 0 Å². The van der Waals surface area contributed by atoms with E-state index in [0.717, 1.165) is 16.8 Å². The molecule has 4 aromatic rings. The van der Waals surface area contributed by atoms with Gasteiger partial charge in [0.15, 0.2) is 17.1 Å². The van der Waals surface area contributed by atoms with E-state index in [9.17, 15) is 4.79 Å². The van der Waals surface area contributed by atoms with E-state index < -0.39 is 0 Å². The Morgan fingerprint density at radius 3 is 2.59 bits per heavy atom. The lowest BCUT2D eigenvalue weighted by Crippen LogP contribution is -2.27. The van der Waals surface area contributed by atoms with E-state index in [2.05, 4.69) is 20.6 Å². The number of aromatic nitrogens is 4. The molecular formula is C23H23N5O3S. The molecule has 0 bridgehead atoms. The van der Waals surface area contributed by atoms with Crippen LogP contribution in [-0.4, -0.2) is 52.2 Å². The highest BCUT2D eigenvalue weighted by molar-refractivity contribution is 7.99. The van der Waals surface area contributed by atoms with Gasteiger partial charge in [0.2, 0.25) is 11.1 Å². The quantitative estimate of drug-likeness (QED) is 0.392. The second kappa shape index (κ2) is 10.1. The largest absolute Gasteiger partial charge is 0.493 e. The van der Waals surface area contributed by atoms with Crippen molar-refractivity contribution >= 4 is 23.3 Å². The number of nitrogens with one attached hydrogen (secondary N) is 1. The molecule has 2 heterocycles. The topological polar surface area (TPSA) is 90.6 Å². The fraction of sp³-hybridized carbons (Fsp3) is 0.217. The lowest BCUT2D eigenvalue weighted by Gasteiger charge is -2.10. The summed E-state index contributed by atoms with van der Waals surface area (Å²) in [5.74, 6) is 1.50. The number of rotatable bonds is 9. The minimum atomic E-state index is -0.0774. The van der Waals surface area contributed by atoms with E-state index in [1.54, 1.807) is 18.7 Å². The lowest BCUT2D eigenvalue weighted by atomic mass is 10.1. The molecule has 9 heteroatoms. The van der Waals surface area contributed by atoms with Crippen LogP contribution < -0.4 is 14.8 Å². The van der Waals surface area contributed by atoms with Gasteiger partial charge in [-0.1, -0.05) is 48.2 Å². The maximum atomic E-state index is 12.3. The third-order valence-electron chi connectivity index (χ3n) is 4.82. The number of amides is 1. The van der Waals surface area contributed by atoms with Crippen LogP contribution in [0.4, 0.5) is 0 Å². The summed E-state index contributed by atoms with van der Waals surface area (Å²) in [6, 6.07) is 19.4. The highest BCUT2D eigenvalue weighted by atomic mass is 32.2. The van der Waals surface area contributed by atoms with Gasteiger partial charge in [-0.2, -0.15) is 9.61 Å². The average Bonchev–Trinajstić information content (AvgIpc) is 3.25. The van der Waals surface area contributed by atoms with Crippen molar-refractivity contribution in [3.8, 4) is 22.8 Å². The molecule has 0 aliphatic rings. The van der Waals surface area contributed by atoms with E-state index in [0.29, 0.717) is 35.3 Å². The predicted octanol–water partition coefficient (Wildman–Crippen LogP) is 3.26. The zero-order chi connectivity index (χ0) is 22.3. The van der Waals surface area contributed by atoms with E-state index in [1.807, 2.05) is 60.7 Å². The molecule has 0 aliphatic carbocycles. The number of hydrogen-bond donors (Lipinski definition) is 1. The van der Waals surface area contributed by atoms with Crippen LogP contribution in [0, 0.1) is 0 Å². The number of carbonyl (C=O) groups excluding carboxylic acids is 1. The Labute approximate surface area is 190 Å². The standard InChI is InChI=1S/C23H23N5O3S/c1-30-19-10-8-16(14-20(19)31-2)12-13-24-22(29)15-32-23-26-25-21-11-9-18(27-28(21)23)17-6-4-3-5-7-17/h3-11,14H,12-13,15H2,1-2H3,(H,24,29). The van der Waals surface area contributed by atoms with Crippen molar-refractivity contribution in [3.63, 3.8) is 0 Å². The van der Waals surface area contributed by atoms with Crippen molar-refractivity contribution in [2.75, 3.05) is 26.5 Å². The molecule has 4 rings (SSSR count). The molecule has 0 atom stereocenters. The Bertz CT molecular complexity index is 1210. The normalized spacial score (nSPS) is 10.8. The minimum absolute atomic E-state index is 0.0774. The lowest BCUT2D eigenvalue weighted by molar-refractivity contribution is -0.118. The molecule has 2 aromatic carbocycles. The van der Waals surface area contributed by atoms with Crippen molar-refractivity contribution in [3.05, 3.63) is 66.2 Å². The Kier molecular flexibility index (Phi) is 6.86. The van der Waals surface area contributed by atoms with Gasteiger partial charge in [-0.3, -0.25) is 4.79 Å². The summed E-state index contributed by atoms with van der Waals surface area (Å²) < 4.78 is 12.2. The molecule has 0 saturated heterocycles. The van der Waals surface area contributed by atoms with Crippen LogP contribution in [0.3, 0.4) is 0 Å². The van der Waals surface area contributed by atoms with E-state index in [4.69, 9.17) is 9.47 Å². The summed E-state index contributed by atoms with van der Waals surface area (Å²) >= 11 is 1.30. The molecule has 0 fully saturated rings. The fourth-order valence-corrected chi connectivity index (χ4v) is 3.90. The van der Waals surface area contributed by atoms with Crippen molar-refractivity contribution in [1.82, 2.24) is 25.1 Å². The highest BCUT2D eigenvalue weighted by Crippen LogP contribution is 2.27. The Morgan fingerprint density at radius 2 is 1.81 bits per heavy atom. The molecule has 2 aromatic heterocycles. The number of carbonyl (C=O) groups is 1. The number of fused-ring (bicyclic) bond motifs is 1. The van der Waals surface area contributed by atoms with E-state index >= 15 is 0 Å². The number of nitrogens with zero attached hydrogens (tertiary/aromatic N) is 4. The fourth-order valence-electron chi connectivity index (χ4n) is 3.19. The summed E-state index contributed by atoms with van der Waals surface area (Å²) in [4.78, 5) is 12.3. The van der Waals surface area contributed by atoms with Crippen LogP contribution >= 0.6 is 11.8 Å². The van der Waals surface area contributed by atoms with Crippen molar-refractivity contribution < 1.29 is 14.3 Å². The summed E-state index contributed by atoms with van der Waals surface area (Å²) in [5, 5.41) is 16.5. The third kappa shape index (κ3) is 5.00. The van der Waals surface area contributed by atoms with Gasteiger partial charge in [-0.05, 0) is 36.2 Å². The van der Waals surface area contributed by atoms with Crippen molar-refractivity contribution in [1.29, 1.82) is 0 Å². The molecule has 0 saturated carbocycles. The number of ether oxygens (including phenoxy) is 2.